The molecule has 1 aromatic carbocycles. The third-order valence-corrected chi connectivity index (χ3v) is 2.76. The van der Waals surface area contributed by atoms with E-state index in [1.54, 1.807) is 13.0 Å². The summed E-state index contributed by atoms with van der Waals surface area (Å²) in [4.78, 5) is 14.6. The minimum atomic E-state index is -4.35. The molecule has 19 heavy (non-hydrogen) atoms. The third kappa shape index (κ3) is 2.81. The van der Waals surface area contributed by atoms with Crippen LogP contribution in [0.15, 0.2) is 36.7 Å². The first-order chi connectivity index (χ1) is 8.91. The van der Waals surface area contributed by atoms with E-state index < -0.39 is 11.7 Å². The van der Waals surface area contributed by atoms with Crippen molar-refractivity contribution in [3.8, 4) is 11.1 Å². The van der Waals surface area contributed by atoms with E-state index in [1.807, 2.05) is 0 Å². The van der Waals surface area contributed by atoms with Crippen LogP contribution in [0, 0.1) is 6.92 Å². The van der Waals surface area contributed by atoms with Crippen LogP contribution in [0.3, 0.4) is 0 Å². The molecule has 2 aromatic rings. The van der Waals surface area contributed by atoms with Gasteiger partial charge in [-0.2, -0.15) is 13.2 Å². The number of alkyl halides is 3. The van der Waals surface area contributed by atoms with E-state index in [-0.39, 0.29) is 0 Å². The van der Waals surface area contributed by atoms with E-state index >= 15 is 0 Å². The van der Waals surface area contributed by atoms with E-state index in [4.69, 9.17) is 0 Å². The van der Waals surface area contributed by atoms with Crippen molar-refractivity contribution in [1.29, 1.82) is 0 Å². The molecule has 0 aliphatic rings. The van der Waals surface area contributed by atoms with Gasteiger partial charge in [0, 0.05) is 23.5 Å². The van der Waals surface area contributed by atoms with Crippen LogP contribution in [0.5, 0.6) is 0 Å². The van der Waals surface area contributed by atoms with Gasteiger partial charge in [-0.15, -0.1) is 0 Å². The minimum absolute atomic E-state index is 0.386. The molecule has 5 heteroatoms. The van der Waals surface area contributed by atoms with Gasteiger partial charge in [-0.3, -0.25) is 9.78 Å². The molecule has 2 rings (SSSR count). The van der Waals surface area contributed by atoms with Crippen LogP contribution in [0.1, 0.15) is 21.5 Å². The van der Waals surface area contributed by atoms with Crippen molar-refractivity contribution < 1.29 is 18.0 Å². The maximum Gasteiger partial charge on any atom is 0.416 e. The molecular weight excluding hydrogens is 255 g/mol. The van der Waals surface area contributed by atoms with Crippen LogP contribution in [-0.2, 0) is 6.18 Å². The zero-order valence-electron chi connectivity index (χ0n) is 10.0. The lowest BCUT2D eigenvalue weighted by Gasteiger charge is -2.11. The van der Waals surface area contributed by atoms with E-state index in [9.17, 15) is 18.0 Å². The first-order valence-corrected chi connectivity index (χ1v) is 5.50. The fourth-order valence-electron chi connectivity index (χ4n) is 1.83. The van der Waals surface area contributed by atoms with Crippen molar-refractivity contribution in [1.82, 2.24) is 4.98 Å². The highest BCUT2D eigenvalue weighted by Gasteiger charge is 2.30. The zero-order chi connectivity index (χ0) is 14.0. The lowest BCUT2D eigenvalue weighted by atomic mass is 9.99. The molecule has 0 fully saturated rings. The maximum absolute atomic E-state index is 12.6. The van der Waals surface area contributed by atoms with Crippen LogP contribution < -0.4 is 0 Å². The summed E-state index contributed by atoms with van der Waals surface area (Å²) in [6, 6.07) is 5.10. The number of rotatable bonds is 2. The van der Waals surface area contributed by atoms with Crippen molar-refractivity contribution in [3.05, 3.63) is 53.3 Å². The fraction of sp³-hybridized carbons (Fsp3) is 0.143. The fourth-order valence-corrected chi connectivity index (χ4v) is 1.83. The van der Waals surface area contributed by atoms with Gasteiger partial charge in [0.2, 0.25) is 0 Å². The van der Waals surface area contributed by atoms with Crippen LogP contribution in [0.2, 0.25) is 0 Å². The van der Waals surface area contributed by atoms with Crippen molar-refractivity contribution in [3.63, 3.8) is 0 Å². The number of pyridine rings is 1. The van der Waals surface area contributed by atoms with Crippen molar-refractivity contribution >= 4 is 6.29 Å². The molecule has 0 aliphatic carbocycles. The monoisotopic (exact) mass is 265 g/mol. The third-order valence-electron chi connectivity index (χ3n) is 2.76. The quantitative estimate of drug-likeness (QED) is 0.771. The predicted molar refractivity (Wildman–Crippen MR) is 64.8 cm³/mol. The van der Waals surface area contributed by atoms with Crippen molar-refractivity contribution in [2.75, 3.05) is 0 Å². The van der Waals surface area contributed by atoms with Gasteiger partial charge in [0.05, 0.1) is 5.56 Å². The number of halogens is 3. The van der Waals surface area contributed by atoms with E-state index in [0.29, 0.717) is 28.5 Å². The second kappa shape index (κ2) is 4.84. The molecule has 98 valence electrons. The highest BCUT2D eigenvalue weighted by molar-refractivity contribution is 5.78. The molecular formula is C14H10F3NO. The summed E-state index contributed by atoms with van der Waals surface area (Å²) in [5.41, 5.74) is 1.43. The average molecular weight is 265 g/mol. The van der Waals surface area contributed by atoms with Gasteiger partial charge in [0.25, 0.3) is 0 Å². The molecule has 0 saturated carbocycles. The Balaban J connectivity index is 2.49. The van der Waals surface area contributed by atoms with Crippen LogP contribution in [0.4, 0.5) is 13.2 Å². The zero-order valence-corrected chi connectivity index (χ0v) is 10.0. The SMILES string of the molecule is Cc1cc(C(F)(F)F)ccc1-c1cncc(C=O)c1. The summed E-state index contributed by atoms with van der Waals surface area (Å²) in [7, 11) is 0. The van der Waals surface area contributed by atoms with Gasteiger partial charge < -0.3 is 0 Å². The van der Waals surface area contributed by atoms with Crippen LogP contribution in [-0.4, -0.2) is 11.3 Å². The molecule has 2 nitrogen and oxygen atoms in total. The predicted octanol–water partition coefficient (Wildman–Crippen LogP) is 3.89. The number of carbonyl (C=O) groups is 1. The number of hydrogen-bond acceptors (Lipinski definition) is 2. The average Bonchev–Trinajstić information content (AvgIpc) is 2.37. The molecule has 0 radical (unpaired) electrons. The van der Waals surface area contributed by atoms with E-state index in [0.717, 1.165) is 12.1 Å². The molecule has 0 spiro atoms. The number of carbonyl (C=O) groups excluding carboxylic acids is 1. The summed E-state index contributed by atoms with van der Waals surface area (Å²) in [6.07, 6.45) is -0.791. The molecule has 0 amide bonds. The van der Waals surface area contributed by atoms with Gasteiger partial charge in [-0.25, -0.2) is 0 Å². The molecule has 1 aromatic heterocycles. The Hall–Kier alpha value is -2.17. The first kappa shape index (κ1) is 13.3. The van der Waals surface area contributed by atoms with Crippen LogP contribution in [0.25, 0.3) is 11.1 Å². The number of nitrogens with zero attached hydrogens (tertiary/aromatic N) is 1. The Labute approximate surface area is 107 Å². The van der Waals surface area contributed by atoms with E-state index in [1.165, 1.54) is 18.5 Å². The summed E-state index contributed by atoms with van der Waals surface area (Å²) in [6.45, 7) is 1.60. The number of aryl methyl sites for hydroxylation is 1. The highest BCUT2D eigenvalue weighted by atomic mass is 19.4. The van der Waals surface area contributed by atoms with Gasteiger partial charge in [0.1, 0.15) is 0 Å². The molecule has 1 heterocycles. The Morgan fingerprint density at radius 2 is 1.89 bits per heavy atom. The smallest absolute Gasteiger partial charge is 0.298 e. The van der Waals surface area contributed by atoms with Gasteiger partial charge in [-0.1, -0.05) is 6.07 Å². The Bertz CT molecular complexity index is 620. The lowest BCUT2D eigenvalue weighted by molar-refractivity contribution is -0.137. The van der Waals surface area contributed by atoms with Crippen molar-refractivity contribution in [2.45, 2.75) is 13.1 Å². The number of hydrogen-bond donors (Lipinski definition) is 0. The topological polar surface area (TPSA) is 30.0 Å². The molecule has 0 atom stereocenters. The number of aldehydes is 1. The molecule has 0 unspecified atom stereocenters. The lowest BCUT2D eigenvalue weighted by Crippen LogP contribution is -2.05. The molecule has 0 saturated heterocycles. The molecule has 0 bridgehead atoms. The first-order valence-electron chi connectivity index (χ1n) is 5.50. The van der Waals surface area contributed by atoms with Crippen molar-refractivity contribution in [2.24, 2.45) is 0 Å². The Morgan fingerprint density at radius 1 is 1.16 bits per heavy atom. The van der Waals surface area contributed by atoms with Gasteiger partial charge >= 0.3 is 6.18 Å². The summed E-state index contributed by atoms with van der Waals surface area (Å²) in [5, 5.41) is 0. The normalized spacial score (nSPS) is 11.4. The molecule has 0 aliphatic heterocycles. The molecule has 0 N–H and O–H groups in total. The highest BCUT2D eigenvalue weighted by Crippen LogP contribution is 2.33. The Kier molecular flexibility index (Phi) is 3.38. The maximum atomic E-state index is 12.6. The largest absolute Gasteiger partial charge is 0.416 e. The minimum Gasteiger partial charge on any atom is -0.298 e. The van der Waals surface area contributed by atoms with Gasteiger partial charge in [-0.05, 0) is 36.2 Å². The summed E-state index contributed by atoms with van der Waals surface area (Å²) >= 11 is 0. The Morgan fingerprint density at radius 3 is 2.47 bits per heavy atom. The van der Waals surface area contributed by atoms with Gasteiger partial charge in [0.15, 0.2) is 6.29 Å². The second-order valence-corrected chi connectivity index (χ2v) is 4.15. The standard InChI is InChI=1S/C14H10F3NO/c1-9-4-12(14(15,16)17)2-3-13(9)11-5-10(8-19)6-18-7-11/h2-8H,1H3. The summed E-state index contributed by atoms with van der Waals surface area (Å²) in [5.74, 6) is 0. The van der Waals surface area contributed by atoms with Crippen LogP contribution >= 0.6 is 0 Å². The summed E-state index contributed by atoms with van der Waals surface area (Å²) < 4.78 is 37.7. The number of aromatic nitrogens is 1. The number of benzene rings is 1. The second-order valence-electron chi connectivity index (χ2n) is 4.15. The van der Waals surface area contributed by atoms with E-state index in [2.05, 4.69) is 4.98 Å².